The lowest BCUT2D eigenvalue weighted by atomic mass is 10.1. The largest absolute Gasteiger partial charge is 0.416 e. The molecule has 1 N–H and O–H groups in total. The fourth-order valence-electron chi connectivity index (χ4n) is 2.53. The van der Waals surface area contributed by atoms with Crippen molar-refractivity contribution in [1.29, 1.82) is 0 Å². The Morgan fingerprint density at radius 2 is 1.77 bits per heavy atom. The van der Waals surface area contributed by atoms with E-state index < -0.39 is 22.6 Å². The van der Waals surface area contributed by atoms with Crippen LogP contribution in [0.5, 0.6) is 0 Å². The molecule has 0 aliphatic carbocycles. The Morgan fingerprint density at radius 1 is 1.10 bits per heavy atom. The van der Waals surface area contributed by atoms with Crippen molar-refractivity contribution in [2.45, 2.75) is 6.18 Å². The quantitative estimate of drug-likeness (QED) is 0.487. The second-order valence-electron chi connectivity index (χ2n) is 6.14. The molecule has 3 rings (SSSR count). The van der Waals surface area contributed by atoms with Crippen molar-refractivity contribution in [1.82, 2.24) is 9.97 Å². The summed E-state index contributed by atoms with van der Waals surface area (Å²) in [6.45, 7) is 0. The number of alkyl halides is 3. The van der Waals surface area contributed by atoms with Gasteiger partial charge in [-0.15, -0.1) is 0 Å². The monoisotopic (exact) mass is 417 g/mol. The highest BCUT2D eigenvalue weighted by molar-refractivity contribution is 6.04. The maximum atomic E-state index is 12.8. The second-order valence-corrected chi connectivity index (χ2v) is 6.14. The predicted octanol–water partition coefficient (Wildman–Crippen LogP) is 4.42. The zero-order valence-corrected chi connectivity index (χ0v) is 15.4. The number of carbonyl (C=O) groups excluding carboxylic acids is 1. The minimum Gasteiger partial charge on any atom is -0.322 e. The Labute approximate surface area is 168 Å². The summed E-state index contributed by atoms with van der Waals surface area (Å²) in [5.41, 5.74) is -0.426. The third-order valence-corrected chi connectivity index (χ3v) is 4.08. The molecule has 0 aliphatic heterocycles. The van der Waals surface area contributed by atoms with Crippen LogP contribution in [0.2, 0.25) is 0 Å². The molecular weight excluding hydrogens is 403 g/mol. The number of nitrogens with zero attached hydrogens (tertiary/aromatic N) is 4. The number of rotatable bonds is 5. The van der Waals surface area contributed by atoms with Gasteiger partial charge in [-0.2, -0.15) is 13.2 Å². The second kappa shape index (κ2) is 8.15. The van der Waals surface area contributed by atoms with Crippen molar-refractivity contribution < 1.29 is 22.9 Å². The summed E-state index contributed by atoms with van der Waals surface area (Å²) in [6.07, 6.45) is -2.42. The Kier molecular flexibility index (Phi) is 5.63. The third-order valence-electron chi connectivity index (χ3n) is 4.08. The lowest BCUT2D eigenvalue weighted by Gasteiger charge is -2.18. The van der Waals surface area contributed by atoms with Gasteiger partial charge in [0, 0.05) is 24.0 Å². The number of hydrogen-bond donors (Lipinski definition) is 1. The summed E-state index contributed by atoms with van der Waals surface area (Å²) in [4.78, 5) is 31.8. The Morgan fingerprint density at radius 3 is 2.40 bits per heavy atom. The first kappa shape index (κ1) is 20.7. The topological polar surface area (TPSA) is 101 Å². The highest BCUT2D eigenvalue weighted by Gasteiger charge is 2.30. The average molecular weight is 417 g/mol. The molecule has 0 saturated carbocycles. The summed E-state index contributed by atoms with van der Waals surface area (Å²) in [5, 5.41) is 13.2. The maximum absolute atomic E-state index is 12.8. The zero-order valence-electron chi connectivity index (χ0n) is 15.4. The van der Waals surface area contributed by atoms with Crippen LogP contribution in [0.15, 0.2) is 60.9 Å². The van der Waals surface area contributed by atoms with Gasteiger partial charge in [0.05, 0.1) is 10.5 Å². The zero-order chi connectivity index (χ0) is 21.9. The van der Waals surface area contributed by atoms with Gasteiger partial charge in [0.15, 0.2) is 0 Å². The van der Waals surface area contributed by atoms with Crippen LogP contribution in [-0.4, -0.2) is 27.8 Å². The van der Waals surface area contributed by atoms with E-state index in [-0.39, 0.29) is 17.2 Å². The van der Waals surface area contributed by atoms with Crippen LogP contribution in [-0.2, 0) is 6.18 Å². The van der Waals surface area contributed by atoms with E-state index in [0.29, 0.717) is 11.4 Å². The smallest absolute Gasteiger partial charge is 0.322 e. The standard InChI is InChI=1S/C19H14F3N5O3/c1-26(18-23-10-16(11-24-18)27(29)30)15-7-3-6-14(9-15)25-17(28)12-4-2-5-13(8-12)19(20,21)22/h2-11H,1H3,(H,25,28). The molecule has 2 aromatic carbocycles. The van der Waals surface area contributed by atoms with Gasteiger partial charge in [0.25, 0.3) is 5.91 Å². The number of halogens is 3. The maximum Gasteiger partial charge on any atom is 0.416 e. The summed E-state index contributed by atoms with van der Waals surface area (Å²) in [5.74, 6) is -0.519. The van der Waals surface area contributed by atoms with Gasteiger partial charge in [-0.05, 0) is 36.4 Å². The first-order valence-corrected chi connectivity index (χ1v) is 8.44. The number of amides is 1. The van der Waals surface area contributed by atoms with Gasteiger partial charge < -0.3 is 10.2 Å². The van der Waals surface area contributed by atoms with Crippen LogP contribution in [0, 0.1) is 10.1 Å². The van der Waals surface area contributed by atoms with Crippen LogP contribution in [0.1, 0.15) is 15.9 Å². The number of aromatic nitrogens is 2. The fraction of sp³-hybridized carbons (Fsp3) is 0.105. The van der Waals surface area contributed by atoms with Gasteiger partial charge in [0.1, 0.15) is 12.4 Å². The molecule has 1 heterocycles. The van der Waals surface area contributed by atoms with Gasteiger partial charge in [-0.3, -0.25) is 14.9 Å². The van der Waals surface area contributed by atoms with E-state index >= 15 is 0 Å². The van der Waals surface area contributed by atoms with E-state index in [4.69, 9.17) is 0 Å². The number of carbonyl (C=O) groups is 1. The molecule has 0 atom stereocenters. The molecule has 0 spiro atoms. The van der Waals surface area contributed by atoms with Crippen LogP contribution in [0.25, 0.3) is 0 Å². The Balaban J connectivity index is 1.78. The van der Waals surface area contributed by atoms with E-state index in [2.05, 4.69) is 15.3 Å². The molecule has 0 radical (unpaired) electrons. The normalized spacial score (nSPS) is 11.1. The fourth-order valence-corrected chi connectivity index (χ4v) is 2.53. The highest BCUT2D eigenvalue weighted by atomic mass is 19.4. The average Bonchev–Trinajstić information content (AvgIpc) is 2.73. The molecule has 0 aliphatic rings. The number of anilines is 3. The molecule has 30 heavy (non-hydrogen) atoms. The molecule has 8 nitrogen and oxygen atoms in total. The Hall–Kier alpha value is -4.02. The summed E-state index contributed by atoms with van der Waals surface area (Å²) >= 11 is 0. The number of nitro groups is 1. The number of hydrogen-bond acceptors (Lipinski definition) is 6. The number of nitrogens with one attached hydrogen (secondary N) is 1. The molecule has 1 aromatic heterocycles. The molecule has 0 unspecified atom stereocenters. The minimum absolute atomic E-state index is 0.137. The number of benzene rings is 2. The lowest BCUT2D eigenvalue weighted by molar-refractivity contribution is -0.385. The molecule has 1 amide bonds. The molecule has 154 valence electrons. The van der Waals surface area contributed by atoms with Crippen molar-refractivity contribution in [3.05, 3.63) is 82.2 Å². The van der Waals surface area contributed by atoms with Gasteiger partial charge >= 0.3 is 11.9 Å². The van der Waals surface area contributed by atoms with Crippen LogP contribution in [0.3, 0.4) is 0 Å². The van der Waals surface area contributed by atoms with Crippen LogP contribution in [0.4, 0.5) is 36.2 Å². The molecule has 3 aromatic rings. The Bertz CT molecular complexity index is 1090. The van der Waals surface area contributed by atoms with Crippen molar-refractivity contribution in [3.8, 4) is 0 Å². The van der Waals surface area contributed by atoms with Crippen molar-refractivity contribution in [2.75, 3.05) is 17.3 Å². The van der Waals surface area contributed by atoms with E-state index in [1.807, 2.05) is 0 Å². The van der Waals surface area contributed by atoms with E-state index in [1.54, 1.807) is 31.3 Å². The molecule has 0 saturated heterocycles. The SMILES string of the molecule is CN(c1cccc(NC(=O)c2cccc(C(F)(F)F)c2)c1)c1ncc([N+](=O)[O-])cn1. The predicted molar refractivity (Wildman–Crippen MR) is 103 cm³/mol. The molecule has 11 heteroatoms. The van der Waals surface area contributed by atoms with Crippen molar-refractivity contribution in [2.24, 2.45) is 0 Å². The first-order chi connectivity index (χ1) is 14.1. The first-order valence-electron chi connectivity index (χ1n) is 8.44. The highest BCUT2D eigenvalue weighted by Crippen LogP contribution is 2.30. The summed E-state index contributed by atoms with van der Waals surface area (Å²) in [7, 11) is 1.62. The van der Waals surface area contributed by atoms with Crippen molar-refractivity contribution >= 4 is 28.9 Å². The van der Waals surface area contributed by atoms with E-state index in [1.165, 1.54) is 11.0 Å². The van der Waals surface area contributed by atoms with E-state index in [9.17, 15) is 28.1 Å². The van der Waals surface area contributed by atoms with Crippen LogP contribution < -0.4 is 10.2 Å². The molecule has 0 fully saturated rings. The van der Waals surface area contributed by atoms with Gasteiger partial charge in [-0.25, -0.2) is 9.97 Å². The van der Waals surface area contributed by atoms with Crippen molar-refractivity contribution in [3.63, 3.8) is 0 Å². The van der Waals surface area contributed by atoms with Crippen LogP contribution >= 0.6 is 0 Å². The summed E-state index contributed by atoms with van der Waals surface area (Å²) in [6, 6.07) is 10.5. The molecule has 0 bridgehead atoms. The lowest BCUT2D eigenvalue weighted by Crippen LogP contribution is -2.15. The minimum atomic E-state index is -4.55. The third kappa shape index (κ3) is 4.69. The van der Waals surface area contributed by atoms with Gasteiger partial charge in [0.2, 0.25) is 5.95 Å². The van der Waals surface area contributed by atoms with E-state index in [0.717, 1.165) is 30.6 Å². The van der Waals surface area contributed by atoms with Gasteiger partial charge in [-0.1, -0.05) is 12.1 Å². The molecular formula is C19H14F3N5O3. The summed E-state index contributed by atoms with van der Waals surface area (Å²) < 4.78 is 38.5.